The predicted molar refractivity (Wildman–Crippen MR) is 81.3 cm³/mol. The summed E-state index contributed by atoms with van der Waals surface area (Å²) in [6.07, 6.45) is 1.98. The van der Waals surface area contributed by atoms with Gasteiger partial charge in [-0.25, -0.2) is 9.59 Å². The Kier molecular flexibility index (Phi) is 7.51. The van der Waals surface area contributed by atoms with Crippen molar-refractivity contribution in [3.63, 3.8) is 0 Å². The second-order valence-electron chi connectivity index (χ2n) is 5.69. The Morgan fingerprint density at radius 2 is 1.87 bits per heavy atom. The van der Waals surface area contributed by atoms with Gasteiger partial charge < -0.3 is 24.4 Å². The van der Waals surface area contributed by atoms with E-state index < -0.39 is 29.7 Å². The van der Waals surface area contributed by atoms with Crippen LogP contribution in [0.3, 0.4) is 0 Å². The van der Waals surface area contributed by atoms with Crippen LogP contribution in [-0.4, -0.2) is 53.2 Å². The molecule has 7 nitrogen and oxygen atoms in total. The van der Waals surface area contributed by atoms with Crippen molar-refractivity contribution in [2.45, 2.75) is 57.8 Å². The number of carbonyl (C=O) groups excluding carboxylic acids is 2. The number of hydrogen-bond acceptors (Lipinski definition) is 7. The monoisotopic (exact) mass is 330 g/mol. The number of aliphatic hydroxyl groups excluding tert-OH is 1. The van der Waals surface area contributed by atoms with Gasteiger partial charge in [0, 0.05) is 5.92 Å². The molecule has 0 aliphatic heterocycles. The van der Waals surface area contributed by atoms with Crippen molar-refractivity contribution in [1.29, 1.82) is 0 Å². The van der Waals surface area contributed by atoms with Gasteiger partial charge in [0.2, 0.25) is 6.10 Å². The molecule has 1 rings (SSSR count). The quantitative estimate of drug-likeness (QED) is 0.504. The van der Waals surface area contributed by atoms with E-state index in [-0.39, 0.29) is 19.1 Å². The summed E-state index contributed by atoms with van der Waals surface area (Å²) in [7, 11) is 0. The molecule has 1 saturated carbocycles. The van der Waals surface area contributed by atoms with Gasteiger partial charge in [-0.05, 0) is 46.1 Å². The Hall–Kier alpha value is -1.60. The summed E-state index contributed by atoms with van der Waals surface area (Å²) in [6.45, 7) is 5.11. The molecule has 0 aromatic rings. The van der Waals surface area contributed by atoms with Gasteiger partial charge in [0.25, 0.3) is 0 Å². The van der Waals surface area contributed by atoms with Crippen LogP contribution >= 0.6 is 0 Å². The Bertz CT molecular complexity index is 430. The highest BCUT2D eigenvalue weighted by molar-refractivity contribution is 5.85. The molecule has 23 heavy (non-hydrogen) atoms. The fraction of sp³-hybridized carbons (Fsp3) is 0.750. The molecular weight excluding hydrogens is 304 g/mol. The van der Waals surface area contributed by atoms with Crippen molar-refractivity contribution >= 4 is 11.9 Å². The number of esters is 2. The zero-order valence-electron chi connectivity index (χ0n) is 13.9. The highest BCUT2D eigenvalue weighted by Crippen LogP contribution is 2.36. The minimum atomic E-state index is -1.78. The van der Waals surface area contributed by atoms with Crippen LogP contribution in [0.4, 0.5) is 0 Å². The molecule has 0 aromatic carbocycles. The maximum atomic E-state index is 11.8. The average molecular weight is 330 g/mol. The molecule has 0 amide bonds. The third-order valence-electron chi connectivity index (χ3n) is 3.87. The third kappa shape index (κ3) is 5.51. The first-order valence-corrected chi connectivity index (χ1v) is 7.89. The van der Waals surface area contributed by atoms with Crippen LogP contribution in [0.2, 0.25) is 0 Å². The van der Waals surface area contributed by atoms with E-state index in [1.165, 1.54) is 6.26 Å². The minimum Gasteiger partial charge on any atom is -0.483 e. The first kappa shape index (κ1) is 19.4. The van der Waals surface area contributed by atoms with Crippen molar-refractivity contribution < 1.29 is 34.0 Å². The summed E-state index contributed by atoms with van der Waals surface area (Å²) in [6, 6.07) is 0. The van der Waals surface area contributed by atoms with Gasteiger partial charge in [-0.2, -0.15) is 0 Å². The van der Waals surface area contributed by atoms with Gasteiger partial charge in [-0.1, -0.05) is 0 Å². The minimum absolute atomic E-state index is 0.0756. The van der Waals surface area contributed by atoms with Crippen LogP contribution < -0.4 is 0 Å². The molecule has 0 radical (unpaired) electrons. The van der Waals surface area contributed by atoms with Crippen molar-refractivity contribution in [3.8, 4) is 0 Å². The number of carbonyl (C=O) groups is 2. The largest absolute Gasteiger partial charge is 0.483 e. The van der Waals surface area contributed by atoms with E-state index in [2.05, 4.69) is 4.74 Å². The molecule has 0 unspecified atom stereocenters. The second-order valence-corrected chi connectivity index (χ2v) is 5.69. The highest BCUT2D eigenvalue weighted by Gasteiger charge is 2.37. The van der Waals surface area contributed by atoms with Crippen LogP contribution in [-0.2, 0) is 23.8 Å². The highest BCUT2D eigenvalue weighted by atomic mass is 16.6. The van der Waals surface area contributed by atoms with Crippen LogP contribution in [0, 0.1) is 5.92 Å². The number of rotatable bonds is 8. The number of hydrogen-bond donors (Lipinski definition) is 2. The number of aliphatic hydroxyl groups is 2. The molecule has 2 N–H and O–H groups in total. The zero-order chi connectivity index (χ0) is 17.5. The van der Waals surface area contributed by atoms with Gasteiger partial charge in [0.1, 0.15) is 0 Å². The summed E-state index contributed by atoms with van der Waals surface area (Å²) >= 11 is 0. The van der Waals surface area contributed by atoms with Crippen LogP contribution in [0.5, 0.6) is 0 Å². The first-order valence-electron chi connectivity index (χ1n) is 7.89. The Labute approximate surface area is 136 Å². The lowest BCUT2D eigenvalue weighted by molar-refractivity contribution is -0.173. The van der Waals surface area contributed by atoms with E-state index in [4.69, 9.17) is 9.47 Å². The van der Waals surface area contributed by atoms with Crippen LogP contribution in [0.15, 0.2) is 12.3 Å². The van der Waals surface area contributed by atoms with Gasteiger partial charge in [-0.15, -0.1) is 0 Å². The molecular formula is C16H26O7. The van der Waals surface area contributed by atoms with E-state index in [9.17, 15) is 19.8 Å². The standard InChI is InChI=1S/C16H26O7/c1-4-21-14(18)12(17)13(15(19)22-5-2)23-10-8-11-7-6-9-16(11,3)20/h8,10-13,17,20H,4-7,9H2,1-3H3/b10-8+/t11-,12+,13+,16-/m0/s1. The Morgan fingerprint density at radius 1 is 1.26 bits per heavy atom. The topological polar surface area (TPSA) is 102 Å². The van der Waals surface area contributed by atoms with E-state index >= 15 is 0 Å². The first-order chi connectivity index (χ1) is 10.8. The fourth-order valence-electron chi connectivity index (χ4n) is 2.54. The third-order valence-corrected chi connectivity index (χ3v) is 3.87. The van der Waals surface area contributed by atoms with E-state index in [0.29, 0.717) is 6.42 Å². The summed E-state index contributed by atoms with van der Waals surface area (Å²) in [5.74, 6) is -1.91. The van der Waals surface area contributed by atoms with Crippen molar-refractivity contribution in [2.24, 2.45) is 5.92 Å². The lowest BCUT2D eigenvalue weighted by Gasteiger charge is -2.23. The van der Waals surface area contributed by atoms with Crippen molar-refractivity contribution in [2.75, 3.05) is 13.2 Å². The predicted octanol–water partition coefficient (Wildman–Crippen LogP) is 0.923. The van der Waals surface area contributed by atoms with Gasteiger partial charge in [0.05, 0.1) is 25.1 Å². The van der Waals surface area contributed by atoms with Gasteiger partial charge in [0.15, 0.2) is 6.10 Å². The molecule has 0 bridgehead atoms. The number of ether oxygens (including phenoxy) is 3. The smallest absolute Gasteiger partial charge is 0.350 e. The van der Waals surface area contributed by atoms with Crippen molar-refractivity contribution in [1.82, 2.24) is 0 Å². The van der Waals surface area contributed by atoms with E-state index in [0.717, 1.165) is 12.8 Å². The second kappa shape index (κ2) is 8.88. The zero-order valence-corrected chi connectivity index (χ0v) is 13.9. The van der Waals surface area contributed by atoms with E-state index in [1.807, 2.05) is 0 Å². The van der Waals surface area contributed by atoms with Gasteiger partial charge >= 0.3 is 11.9 Å². The normalized spacial score (nSPS) is 26.7. The molecule has 0 saturated heterocycles. The summed E-state index contributed by atoms with van der Waals surface area (Å²) < 4.78 is 14.7. The fourth-order valence-corrected chi connectivity index (χ4v) is 2.54. The van der Waals surface area contributed by atoms with Crippen LogP contribution in [0.1, 0.15) is 40.0 Å². The Morgan fingerprint density at radius 3 is 2.39 bits per heavy atom. The molecule has 132 valence electrons. The molecule has 1 fully saturated rings. The van der Waals surface area contributed by atoms with E-state index in [1.54, 1.807) is 26.8 Å². The SMILES string of the molecule is CCOC(=O)[C@H](O)[C@@H](O/C=C/[C@@H]1CCC[C@]1(C)O)C(=O)OCC. The summed E-state index contributed by atoms with van der Waals surface area (Å²) in [5, 5.41) is 20.1. The molecule has 7 heteroatoms. The lowest BCUT2D eigenvalue weighted by atomic mass is 9.93. The molecule has 0 aromatic heterocycles. The molecule has 1 aliphatic rings. The van der Waals surface area contributed by atoms with Crippen molar-refractivity contribution in [3.05, 3.63) is 12.3 Å². The maximum Gasteiger partial charge on any atom is 0.350 e. The Balaban J connectivity index is 2.73. The van der Waals surface area contributed by atoms with Gasteiger partial charge in [-0.3, -0.25) is 0 Å². The molecule has 1 aliphatic carbocycles. The summed E-state index contributed by atoms with van der Waals surface area (Å²) in [4.78, 5) is 23.4. The maximum absolute atomic E-state index is 11.8. The molecule has 0 spiro atoms. The molecule has 4 atom stereocenters. The average Bonchev–Trinajstić information content (AvgIpc) is 2.82. The summed E-state index contributed by atoms with van der Waals surface area (Å²) in [5.41, 5.74) is -0.820. The lowest BCUT2D eigenvalue weighted by Crippen LogP contribution is -2.43. The molecule has 0 heterocycles. The van der Waals surface area contributed by atoms with Crippen LogP contribution in [0.25, 0.3) is 0 Å².